The van der Waals surface area contributed by atoms with Crippen LogP contribution in [-0.4, -0.2) is 25.9 Å². The minimum atomic E-state index is -0.0271. The molecule has 162 valence electrons. The monoisotopic (exact) mass is 427 g/mol. The van der Waals surface area contributed by atoms with Crippen LogP contribution < -0.4 is 19.6 Å². The molecule has 32 heavy (non-hydrogen) atoms. The summed E-state index contributed by atoms with van der Waals surface area (Å²) in [6.07, 6.45) is 0. The highest BCUT2D eigenvalue weighted by molar-refractivity contribution is 5.74. The highest BCUT2D eigenvalue weighted by Gasteiger charge is 2.18. The minimum Gasteiger partial charge on any atom is -0.497 e. The maximum absolute atomic E-state index is 13.1. The Morgan fingerprint density at radius 3 is 1.81 bits per heavy atom. The lowest BCUT2D eigenvalue weighted by Crippen LogP contribution is -2.15. The van der Waals surface area contributed by atoms with Crippen LogP contribution >= 0.6 is 0 Å². The number of ether oxygens (including phenoxy) is 3. The SMILES string of the molecule is COc1ccc(-c2c(C)c(=O)cc(-c3ccccc3)n2-c2cc(OC)cc(OC)c2)cc1. The zero-order valence-corrected chi connectivity index (χ0v) is 18.6. The number of methoxy groups -OCH3 is 3. The summed E-state index contributed by atoms with van der Waals surface area (Å²) in [6, 6.07) is 25.0. The standard InChI is InChI=1S/C27H25NO4/c1-18-26(29)17-25(19-8-6-5-7-9-19)28(21-14-23(31-3)16-24(15-21)32-4)27(18)20-10-12-22(30-2)13-11-20/h5-17H,1-4H3. The van der Waals surface area contributed by atoms with Crippen LogP contribution in [0.25, 0.3) is 28.2 Å². The molecule has 0 saturated heterocycles. The zero-order valence-electron chi connectivity index (χ0n) is 18.6. The molecule has 1 aromatic heterocycles. The van der Waals surface area contributed by atoms with Crippen LogP contribution in [0.5, 0.6) is 17.2 Å². The smallest absolute Gasteiger partial charge is 0.185 e. The van der Waals surface area contributed by atoms with Crippen molar-refractivity contribution < 1.29 is 14.2 Å². The Morgan fingerprint density at radius 2 is 1.25 bits per heavy atom. The molecule has 5 nitrogen and oxygen atoms in total. The molecular formula is C27H25NO4. The van der Waals surface area contributed by atoms with Gasteiger partial charge in [0, 0.05) is 29.8 Å². The summed E-state index contributed by atoms with van der Waals surface area (Å²) in [6.45, 7) is 1.85. The Labute approximate surface area is 187 Å². The molecule has 0 bridgehead atoms. The summed E-state index contributed by atoms with van der Waals surface area (Å²) in [4.78, 5) is 13.1. The van der Waals surface area contributed by atoms with Gasteiger partial charge in [0.2, 0.25) is 0 Å². The molecule has 0 spiro atoms. The Kier molecular flexibility index (Phi) is 5.99. The predicted molar refractivity (Wildman–Crippen MR) is 127 cm³/mol. The number of aromatic nitrogens is 1. The van der Waals surface area contributed by atoms with Gasteiger partial charge in [0.15, 0.2) is 5.43 Å². The van der Waals surface area contributed by atoms with Gasteiger partial charge in [0.1, 0.15) is 17.2 Å². The first-order valence-electron chi connectivity index (χ1n) is 10.3. The fraction of sp³-hybridized carbons (Fsp3) is 0.148. The van der Waals surface area contributed by atoms with Gasteiger partial charge in [-0.25, -0.2) is 0 Å². The molecule has 0 saturated carbocycles. The summed E-state index contributed by atoms with van der Waals surface area (Å²) in [7, 11) is 4.88. The summed E-state index contributed by atoms with van der Waals surface area (Å²) in [5, 5.41) is 0. The zero-order chi connectivity index (χ0) is 22.7. The Bertz CT molecular complexity index is 1270. The van der Waals surface area contributed by atoms with E-state index in [1.807, 2.05) is 79.7 Å². The second-order valence-corrected chi connectivity index (χ2v) is 7.37. The van der Waals surface area contributed by atoms with Crippen molar-refractivity contribution in [3.8, 4) is 45.5 Å². The summed E-state index contributed by atoms with van der Waals surface area (Å²) in [5.41, 5.74) is 4.86. The van der Waals surface area contributed by atoms with Crippen molar-refractivity contribution in [2.75, 3.05) is 21.3 Å². The van der Waals surface area contributed by atoms with Gasteiger partial charge < -0.3 is 18.8 Å². The average Bonchev–Trinajstić information content (AvgIpc) is 2.85. The molecule has 0 aliphatic carbocycles. The molecule has 4 aromatic rings. The van der Waals surface area contributed by atoms with Crippen LogP contribution in [0.15, 0.2) is 83.7 Å². The summed E-state index contributed by atoms with van der Waals surface area (Å²) in [5.74, 6) is 2.08. The number of hydrogen-bond acceptors (Lipinski definition) is 4. The number of benzene rings is 3. The Balaban J connectivity index is 2.12. The molecule has 0 N–H and O–H groups in total. The van der Waals surface area contributed by atoms with E-state index in [-0.39, 0.29) is 5.43 Å². The van der Waals surface area contributed by atoms with Gasteiger partial charge >= 0.3 is 0 Å². The van der Waals surface area contributed by atoms with Crippen molar-refractivity contribution in [2.45, 2.75) is 6.92 Å². The normalized spacial score (nSPS) is 10.6. The van der Waals surface area contributed by atoms with Crippen LogP contribution in [0.1, 0.15) is 5.56 Å². The predicted octanol–water partition coefficient (Wildman–Crippen LogP) is 5.51. The average molecular weight is 428 g/mol. The van der Waals surface area contributed by atoms with Crippen molar-refractivity contribution >= 4 is 0 Å². The molecule has 3 aromatic carbocycles. The van der Waals surface area contributed by atoms with Gasteiger partial charge in [0.25, 0.3) is 0 Å². The van der Waals surface area contributed by atoms with Gasteiger partial charge in [-0.05, 0) is 42.3 Å². The van der Waals surface area contributed by atoms with E-state index in [1.165, 1.54) is 0 Å². The number of hydrogen-bond donors (Lipinski definition) is 0. The third kappa shape index (κ3) is 3.97. The van der Waals surface area contributed by atoms with Gasteiger partial charge in [-0.2, -0.15) is 0 Å². The molecule has 0 fully saturated rings. The quantitative estimate of drug-likeness (QED) is 0.407. The fourth-order valence-electron chi connectivity index (χ4n) is 3.81. The lowest BCUT2D eigenvalue weighted by molar-refractivity contribution is 0.394. The molecular weight excluding hydrogens is 402 g/mol. The highest BCUT2D eigenvalue weighted by Crippen LogP contribution is 2.35. The first-order valence-corrected chi connectivity index (χ1v) is 10.3. The van der Waals surface area contributed by atoms with Gasteiger partial charge in [-0.1, -0.05) is 30.3 Å². The fourth-order valence-corrected chi connectivity index (χ4v) is 3.81. The highest BCUT2D eigenvalue weighted by atomic mass is 16.5. The van der Waals surface area contributed by atoms with E-state index in [9.17, 15) is 4.79 Å². The van der Waals surface area contributed by atoms with E-state index in [0.29, 0.717) is 17.1 Å². The molecule has 0 aliphatic heterocycles. The molecule has 0 atom stereocenters. The number of pyridine rings is 1. The number of rotatable bonds is 6. The van der Waals surface area contributed by atoms with E-state index < -0.39 is 0 Å². The molecule has 0 unspecified atom stereocenters. The van der Waals surface area contributed by atoms with Crippen molar-refractivity contribution in [1.82, 2.24) is 4.57 Å². The van der Waals surface area contributed by atoms with E-state index in [0.717, 1.165) is 34.0 Å². The summed E-state index contributed by atoms with van der Waals surface area (Å²) >= 11 is 0. The second-order valence-electron chi connectivity index (χ2n) is 7.37. The first kappa shape index (κ1) is 21.2. The van der Waals surface area contributed by atoms with Crippen LogP contribution in [0.2, 0.25) is 0 Å². The van der Waals surface area contributed by atoms with Crippen LogP contribution in [0.3, 0.4) is 0 Å². The van der Waals surface area contributed by atoms with Crippen molar-refractivity contribution in [3.05, 3.63) is 94.6 Å². The van der Waals surface area contributed by atoms with Crippen molar-refractivity contribution in [2.24, 2.45) is 0 Å². The van der Waals surface area contributed by atoms with Crippen LogP contribution in [0.4, 0.5) is 0 Å². The summed E-state index contributed by atoms with van der Waals surface area (Å²) < 4.78 is 18.5. The van der Waals surface area contributed by atoms with Crippen molar-refractivity contribution in [1.29, 1.82) is 0 Å². The van der Waals surface area contributed by atoms with Gasteiger partial charge in [-0.3, -0.25) is 4.79 Å². The third-order valence-corrected chi connectivity index (χ3v) is 5.48. The Morgan fingerprint density at radius 1 is 0.656 bits per heavy atom. The molecule has 4 rings (SSSR count). The maximum atomic E-state index is 13.1. The van der Waals surface area contributed by atoms with Crippen molar-refractivity contribution in [3.63, 3.8) is 0 Å². The van der Waals surface area contributed by atoms with Crippen LogP contribution in [0, 0.1) is 6.92 Å². The lowest BCUT2D eigenvalue weighted by Gasteiger charge is -2.22. The third-order valence-electron chi connectivity index (χ3n) is 5.48. The molecule has 0 aliphatic rings. The van der Waals surface area contributed by atoms with Crippen LogP contribution in [-0.2, 0) is 0 Å². The first-order chi connectivity index (χ1) is 15.5. The van der Waals surface area contributed by atoms with E-state index in [2.05, 4.69) is 4.57 Å². The topological polar surface area (TPSA) is 49.7 Å². The van der Waals surface area contributed by atoms with E-state index in [1.54, 1.807) is 27.4 Å². The van der Waals surface area contributed by atoms with E-state index >= 15 is 0 Å². The second kappa shape index (κ2) is 9.02. The number of nitrogens with zero attached hydrogens (tertiary/aromatic N) is 1. The van der Waals surface area contributed by atoms with Gasteiger partial charge in [0.05, 0.1) is 38.4 Å². The van der Waals surface area contributed by atoms with Gasteiger partial charge in [-0.15, -0.1) is 0 Å². The molecule has 0 amide bonds. The Hall–Kier alpha value is -3.99. The maximum Gasteiger partial charge on any atom is 0.185 e. The largest absolute Gasteiger partial charge is 0.497 e. The van der Waals surface area contributed by atoms with E-state index in [4.69, 9.17) is 14.2 Å². The molecule has 5 heteroatoms. The molecule has 0 radical (unpaired) electrons. The molecule has 1 heterocycles. The minimum absolute atomic E-state index is 0.0271. The lowest BCUT2D eigenvalue weighted by atomic mass is 10.0.